The Balaban J connectivity index is 2.91. The number of rotatable bonds is 4. The van der Waals surface area contributed by atoms with Gasteiger partial charge in [0.15, 0.2) is 5.76 Å². The molecule has 72 valence electrons. The van der Waals surface area contributed by atoms with Crippen molar-refractivity contribution in [3.63, 3.8) is 0 Å². The SMILES string of the molecule is CCCCc1oc(=O)oc1C(=O)O. The minimum absolute atomic E-state index is 0.124. The summed E-state index contributed by atoms with van der Waals surface area (Å²) in [6.07, 6.45) is 2.08. The summed E-state index contributed by atoms with van der Waals surface area (Å²) >= 11 is 0. The van der Waals surface area contributed by atoms with Gasteiger partial charge in [0.1, 0.15) is 0 Å². The largest absolute Gasteiger partial charge is 0.519 e. The minimum Gasteiger partial charge on any atom is -0.475 e. The molecule has 0 spiro atoms. The van der Waals surface area contributed by atoms with Crippen molar-refractivity contribution in [1.82, 2.24) is 0 Å². The Hall–Kier alpha value is -1.52. The van der Waals surface area contributed by atoms with E-state index in [4.69, 9.17) is 5.11 Å². The topological polar surface area (TPSA) is 80.7 Å². The first-order valence-electron chi connectivity index (χ1n) is 4.01. The summed E-state index contributed by atoms with van der Waals surface area (Å²) in [6.45, 7) is 1.96. The molecule has 0 aliphatic heterocycles. The van der Waals surface area contributed by atoms with Crippen molar-refractivity contribution in [1.29, 1.82) is 0 Å². The van der Waals surface area contributed by atoms with E-state index in [2.05, 4.69) is 8.83 Å². The van der Waals surface area contributed by atoms with Gasteiger partial charge in [0, 0.05) is 6.42 Å². The van der Waals surface area contributed by atoms with Gasteiger partial charge in [0.05, 0.1) is 0 Å². The third-order valence-electron chi connectivity index (χ3n) is 1.60. The molecule has 1 heterocycles. The Labute approximate surface area is 74.0 Å². The second-order valence-electron chi connectivity index (χ2n) is 2.62. The van der Waals surface area contributed by atoms with Crippen molar-refractivity contribution in [2.24, 2.45) is 0 Å². The first kappa shape index (κ1) is 9.57. The number of aromatic carboxylic acids is 1. The zero-order valence-corrected chi connectivity index (χ0v) is 7.20. The Morgan fingerprint density at radius 3 is 2.69 bits per heavy atom. The number of hydrogen-bond donors (Lipinski definition) is 1. The molecule has 13 heavy (non-hydrogen) atoms. The van der Waals surface area contributed by atoms with E-state index in [9.17, 15) is 9.59 Å². The van der Waals surface area contributed by atoms with E-state index in [1.165, 1.54) is 0 Å². The van der Waals surface area contributed by atoms with Crippen LogP contribution in [0.15, 0.2) is 13.6 Å². The summed E-state index contributed by atoms with van der Waals surface area (Å²) in [5.74, 6) is -2.47. The van der Waals surface area contributed by atoms with Crippen molar-refractivity contribution in [3.05, 3.63) is 22.1 Å². The smallest absolute Gasteiger partial charge is 0.475 e. The van der Waals surface area contributed by atoms with Crippen LogP contribution in [-0.2, 0) is 6.42 Å². The number of aryl methyl sites for hydroxylation is 1. The van der Waals surface area contributed by atoms with Crippen LogP contribution in [0.3, 0.4) is 0 Å². The van der Waals surface area contributed by atoms with Crippen LogP contribution >= 0.6 is 0 Å². The van der Waals surface area contributed by atoms with Crippen molar-refractivity contribution in [3.8, 4) is 0 Å². The van der Waals surface area contributed by atoms with E-state index in [0.717, 1.165) is 12.8 Å². The molecule has 0 amide bonds. The Bertz CT molecular complexity index is 346. The van der Waals surface area contributed by atoms with Crippen molar-refractivity contribution >= 4 is 5.97 Å². The quantitative estimate of drug-likeness (QED) is 0.765. The molecule has 0 saturated heterocycles. The van der Waals surface area contributed by atoms with Gasteiger partial charge in [0.25, 0.3) is 5.76 Å². The number of carboxylic acid groups (broad SMARTS) is 1. The van der Waals surface area contributed by atoms with Crippen LogP contribution in [-0.4, -0.2) is 11.1 Å². The fourth-order valence-electron chi connectivity index (χ4n) is 0.973. The fraction of sp³-hybridized carbons (Fsp3) is 0.500. The van der Waals surface area contributed by atoms with Gasteiger partial charge in [0.2, 0.25) is 0 Å². The van der Waals surface area contributed by atoms with E-state index < -0.39 is 11.8 Å². The molecule has 5 heteroatoms. The van der Waals surface area contributed by atoms with E-state index in [1.807, 2.05) is 6.92 Å². The highest BCUT2D eigenvalue weighted by atomic mass is 16.6. The summed E-state index contributed by atoms with van der Waals surface area (Å²) in [4.78, 5) is 21.1. The van der Waals surface area contributed by atoms with Crippen molar-refractivity contribution in [2.45, 2.75) is 26.2 Å². The molecule has 1 N–H and O–H groups in total. The monoisotopic (exact) mass is 186 g/mol. The zero-order chi connectivity index (χ0) is 9.84. The van der Waals surface area contributed by atoms with E-state index in [-0.39, 0.29) is 11.5 Å². The third kappa shape index (κ3) is 2.21. The third-order valence-corrected chi connectivity index (χ3v) is 1.60. The van der Waals surface area contributed by atoms with Gasteiger partial charge in [-0.2, -0.15) is 0 Å². The summed E-state index contributed by atoms with van der Waals surface area (Å²) in [7, 11) is 0. The summed E-state index contributed by atoms with van der Waals surface area (Å²) in [5, 5.41) is 8.59. The molecule has 1 aromatic heterocycles. The lowest BCUT2D eigenvalue weighted by Gasteiger charge is -1.92. The molecule has 0 unspecified atom stereocenters. The maximum absolute atomic E-state index is 10.6. The van der Waals surface area contributed by atoms with Gasteiger partial charge in [-0.25, -0.2) is 9.59 Å². The fourth-order valence-corrected chi connectivity index (χ4v) is 0.973. The lowest BCUT2D eigenvalue weighted by molar-refractivity contribution is 0.0658. The maximum Gasteiger partial charge on any atom is 0.519 e. The zero-order valence-electron chi connectivity index (χ0n) is 7.20. The molecule has 0 fully saturated rings. The van der Waals surface area contributed by atoms with Gasteiger partial charge >= 0.3 is 11.8 Å². The van der Waals surface area contributed by atoms with E-state index >= 15 is 0 Å². The van der Waals surface area contributed by atoms with Gasteiger partial charge in [-0.15, -0.1) is 0 Å². The molecular weight excluding hydrogens is 176 g/mol. The highest BCUT2D eigenvalue weighted by Crippen LogP contribution is 2.10. The van der Waals surface area contributed by atoms with Crippen LogP contribution in [0.4, 0.5) is 0 Å². The highest BCUT2D eigenvalue weighted by Gasteiger charge is 2.18. The second-order valence-corrected chi connectivity index (χ2v) is 2.62. The molecular formula is C8H10O5. The standard InChI is InChI=1S/C8H10O5/c1-2-3-4-5-6(7(9)10)13-8(11)12-5/h2-4H2,1H3,(H,9,10). The molecule has 0 radical (unpaired) electrons. The van der Waals surface area contributed by atoms with Crippen molar-refractivity contribution < 1.29 is 18.7 Å². The predicted octanol–water partition coefficient (Wildman–Crippen LogP) is 1.27. The number of unbranched alkanes of at least 4 members (excludes halogenated alkanes) is 1. The summed E-state index contributed by atoms with van der Waals surface area (Å²) < 4.78 is 8.93. The molecule has 0 saturated carbocycles. The average molecular weight is 186 g/mol. The molecule has 0 aliphatic carbocycles. The maximum atomic E-state index is 10.6. The van der Waals surface area contributed by atoms with Gasteiger partial charge < -0.3 is 13.9 Å². The highest BCUT2D eigenvalue weighted by molar-refractivity contribution is 5.85. The second kappa shape index (κ2) is 3.93. The molecule has 5 nitrogen and oxygen atoms in total. The molecule has 0 atom stereocenters. The number of carbonyl (C=O) groups is 1. The Kier molecular flexibility index (Phi) is 2.89. The van der Waals surface area contributed by atoms with Crippen LogP contribution in [0.25, 0.3) is 0 Å². The normalized spacial score (nSPS) is 10.2. The Morgan fingerprint density at radius 1 is 1.46 bits per heavy atom. The minimum atomic E-state index is -1.27. The van der Waals surface area contributed by atoms with Crippen LogP contribution in [0.1, 0.15) is 36.1 Å². The molecule has 1 aromatic rings. The lowest BCUT2D eigenvalue weighted by Crippen LogP contribution is -1.98. The summed E-state index contributed by atoms with van der Waals surface area (Å²) in [6, 6.07) is 0. The first-order valence-corrected chi connectivity index (χ1v) is 4.01. The van der Waals surface area contributed by atoms with Crippen molar-refractivity contribution in [2.75, 3.05) is 0 Å². The molecule has 0 bridgehead atoms. The predicted molar refractivity (Wildman–Crippen MR) is 42.8 cm³/mol. The lowest BCUT2D eigenvalue weighted by atomic mass is 10.2. The van der Waals surface area contributed by atoms with Gasteiger partial charge in [-0.05, 0) is 6.42 Å². The summed E-state index contributed by atoms with van der Waals surface area (Å²) in [5.41, 5.74) is 0. The van der Waals surface area contributed by atoms with Crippen LogP contribution < -0.4 is 5.82 Å². The average Bonchev–Trinajstić information content (AvgIpc) is 2.43. The molecule has 1 rings (SSSR count). The van der Waals surface area contributed by atoms with Crippen LogP contribution in [0.2, 0.25) is 0 Å². The molecule has 0 aromatic carbocycles. The Morgan fingerprint density at radius 2 is 2.15 bits per heavy atom. The molecule has 0 aliphatic rings. The van der Waals surface area contributed by atoms with Crippen LogP contribution in [0.5, 0.6) is 0 Å². The number of carboxylic acids is 1. The van der Waals surface area contributed by atoms with Gasteiger partial charge in [-0.1, -0.05) is 13.3 Å². The van der Waals surface area contributed by atoms with E-state index in [1.54, 1.807) is 0 Å². The first-order chi connectivity index (χ1) is 6.15. The van der Waals surface area contributed by atoms with Gasteiger partial charge in [-0.3, -0.25) is 0 Å². The van der Waals surface area contributed by atoms with Crippen LogP contribution in [0, 0.1) is 0 Å². The van der Waals surface area contributed by atoms with E-state index in [0.29, 0.717) is 6.42 Å². The number of hydrogen-bond acceptors (Lipinski definition) is 4.